The topological polar surface area (TPSA) is 104 Å². The third-order valence-electron chi connectivity index (χ3n) is 1.54. The van der Waals surface area contributed by atoms with Crippen LogP contribution in [0.1, 0.15) is 13.3 Å². The molecule has 0 aliphatic heterocycles. The zero-order chi connectivity index (χ0) is 11.2. The largest absolute Gasteiger partial charge is 0.391 e. The molecule has 0 aliphatic carbocycles. The minimum Gasteiger partial charge on any atom is -0.391 e. The lowest BCUT2D eigenvalue weighted by molar-refractivity contribution is -0.0300. The Labute approximate surface area is 83.3 Å². The fourth-order valence-electron chi connectivity index (χ4n) is 0.687. The van der Waals surface area contributed by atoms with Crippen LogP contribution in [0.5, 0.6) is 0 Å². The third kappa shape index (κ3) is 8.39. The van der Waals surface area contributed by atoms with Gasteiger partial charge in [-0.15, -0.1) is 0 Å². The molecule has 0 aromatic carbocycles. The van der Waals surface area contributed by atoms with Gasteiger partial charge in [0, 0.05) is 6.61 Å². The smallest absolute Gasteiger partial charge is 0.264 e. The van der Waals surface area contributed by atoms with Crippen LogP contribution in [-0.4, -0.2) is 54.4 Å². The third-order valence-corrected chi connectivity index (χ3v) is 2.34. The highest BCUT2D eigenvalue weighted by atomic mass is 32.2. The van der Waals surface area contributed by atoms with E-state index >= 15 is 0 Å². The Balaban J connectivity index is 3.39. The van der Waals surface area contributed by atoms with Gasteiger partial charge in [0.25, 0.3) is 10.1 Å². The molecule has 0 spiro atoms. The molecule has 0 rings (SSSR count). The van der Waals surface area contributed by atoms with Crippen LogP contribution in [0.15, 0.2) is 0 Å². The summed E-state index contributed by atoms with van der Waals surface area (Å²) in [7, 11) is -3.93. The van der Waals surface area contributed by atoms with Crippen LogP contribution in [0, 0.1) is 0 Å². The Morgan fingerprint density at radius 1 is 1.36 bits per heavy atom. The molecule has 3 N–H and O–H groups in total. The molecule has 86 valence electrons. The molecule has 2 atom stereocenters. The zero-order valence-corrected chi connectivity index (χ0v) is 8.77. The van der Waals surface area contributed by atoms with Crippen molar-refractivity contribution in [2.75, 3.05) is 19.0 Å². The van der Waals surface area contributed by atoms with Crippen molar-refractivity contribution in [1.82, 2.24) is 0 Å². The van der Waals surface area contributed by atoms with Crippen molar-refractivity contribution in [3.05, 3.63) is 0 Å². The molecule has 0 radical (unpaired) electrons. The van der Waals surface area contributed by atoms with Gasteiger partial charge in [-0.1, -0.05) is 0 Å². The molecule has 0 heterocycles. The Kier molecular flexibility index (Phi) is 6.21. The summed E-state index contributed by atoms with van der Waals surface area (Å²) in [4.78, 5) is 0. The molecule has 2 unspecified atom stereocenters. The highest BCUT2D eigenvalue weighted by molar-refractivity contribution is 7.85. The van der Waals surface area contributed by atoms with Crippen LogP contribution < -0.4 is 0 Å². The summed E-state index contributed by atoms with van der Waals surface area (Å²) in [6, 6.07) is 0. The molecule has 0 aromatic rings. The predicted octanol–water partition coefficient (Wildman–Crippen LogP) is -0.977. The fraction of sp³-hybridized carbons (Fsp3) is 1.00. The van der Waals surface area contributed by atoms with Crippen molar-refractivity contribution in [2.45, 2.75) is 25.6 Å². The Morgan fingerprint density at radius 3 is 2.36 bits per heavy atom. The maximum absolute atomic E-state index is 10.2. The Bertz CT molecular complexity index is 235. The monoisotopic (exact) mass is 228 g/mol. The average Bonchev–Trinajstić information content (AvgIpc) is 2.01. The molecule has 0 saturated heterocycles. The number of rotatable bonds is 7. The van der Waals surface area contributed by atoms with Crippen LogP contribution in [0.4, 0.5) is 0 Å². The molecule has 7 heteroatoms. The van der Waals surface area contributed by atoms with Gasteiger partial charge in [-0.25, -0.2) is 0 Å². The summed E-state index contributed by atoms with van der Waals surface area (Å²) in [6.07, 6.45) is -1.69. The van der Waals surface area contributed by atoms with Gasteiger partial charge in [-0.3, -0.25) is 4.55 Å². The summed E-state index contributed by atoms with van der Waals surface area (Å²) in [5, 5.41) is 17.9. The lowest BCUT2D eigenvalue weighted by Gasteiger charge is -2.13. The van der Waals surface area contributed by atoms with Crippen molar-refractivity contribution in [1.29, 1.82) is 0 Å². The molecule has 0 aliphatic rings. The van der Waals surface area contributed by atoms with Crippen molar-refractivity contribution in [3.63, 3.8) is 0 Å². The van der Waals surface area contributed by atoms with Crippen molar-refractivity contribution < 1.29 is 27.9 Å². The Morgan fingerprint density at radius 2 is 1.93 bits per heavy atom. The predicted molar refractivity (Wildman–Crippen MR) is 49.5 cm³/mol. The van der Waals surface area contributed by atoms with Crippen LogP contribution >= 0.6 is 0 Å². The van der Waals surface area contributed by atoms with E-state index in [4.69, 9.17) is 19.5 Å². The van der Waals surface area contributed by atoms with Gasteiger partial charge in [-0.05, 0) is 13.3 Å². The van der Waals surface area contributed by atoms with Crippen molar-refractivity contribution in [2.24, 2.45) is 0 Å². The first-order valence-electron chi connectivity index (χ1n) is 4.22. The standard InChI is InChI=1S/C7H16O6S/c1-6(8)7(9)5-13-3-2-4-14(10,11)12/h6-9H,2-5H2,1H3,(H,10,11,12). The normalized spacial score (nSPS) is 16.6. The zero-order valence-electron chi connectivity index (χ0n) is 7.96. The van der Waals surface area contributed by atoms with Gasteiger partial charge in [0.05, 0.1) is 18.5 Å². The maximum Gasteiger partial charge on any atom is 0.264 e. The molecule has 0 amide bonds. The SMILES string of the molecule is CC(O)C(O)COCCCS(=O)(=O)O. The van der Waals surface area contributed by atoms with Gasteiger partial charge in [-0.2, -0.15) is 8.42 Å². The Hall–Kier alpha value is -0.210. The molecule has 0 bridgehead atoms. The highest BCUT2D eigenvalue weighted by Gasteiger charge is 2.10. The van der Waals surface area contributed by atoms with E-state index in [0.717, 1.165) is 0 Å². The molecule has 0 aromatic heterocycles. The summed E-state index contributed by atoms with van der Waals surface area (Å²) in [5.74, 6) is -0.363. The van der Waals surface area contributed by atoms with E-state index in [-0.39, 0.29) is 25.4 Å². The number of hydrogen-bond acceptors (Lipinski definition) is 5. The van der Waals surface area contributed by atoms with Gasteiger partial charge in [0.1, 0.15) is 6.10 Å². The summed E-state index contributed by atoms with van der Waals surface area (Å²) < 4.78 is 33.7. The maximum atomic E-state index is 10.2. The van der Waals surface area contributed by atoms with E-state index < -0.39 is 22.3 Å². The minimum absolute atomic E-state index is 0.0524. The quantitative estimate of drug-likeness (QED) is 0.382. The van der Waals surface area contributed by atoms with Crippen molar-refractivity contribution >= 4 is 10.1 Å². The van der Waals surface area contributed by atoms with E-state index in [0.29, 0.717) is 0 Å². The van der Waals surface area contributed by atoms with Gasteiger partial charge in [0.2, 0.25) is 0 Å². The first kappa shape index (κ1) is 13.8. The molecule has 14 heavy (non-hydrogen) atoms. The second-order valence-corrected chi connectivity index (χ2v) is 4.59. The first-order valence-corrected chi connectivity index (χ1v) is 5.83. The van der Waals surface area contributed by atoms with Gasteiger partial charge < -0.3 is 14.9 Å². The van der Waals surface area contributed by atoms with Crippen LogP contribution in [0.2, 0.25) is 0 Å². The van der Waals surface area contributed by atoms with E-state index in [1.807, 2.05) is 0 Å². The molecular weight excluding hydrogens is 212 g/mol. The number of aliphatic hydroxyl groups is 2. The molecular formula is C7H16O6S. The summed E-state index contributed by atoms with van der Waals surface area (Å²) in [5.41, 5.74) is 0. The number of ether oxygens (including phenoxy) is 1. The molecule has 0 fully saturated rings. The average molecular weight is 228 g/mol. The van der Waals surface area contributed by atoms with Gasteiger partial charge >= 0.3 is 0 Å². The second kappa shape index (κ2) is 6.31. The lowest BCUT2D eigenvalue weighted by atomic mass is 10.2. The lowest BCUT2D eigenvalue weighted by Crippen LogP contribution is -2.28. The molecule has 0 saturated carbocycles. The number of aliphatic hydroxyl groups excluding tert-OH is 2. The van der Waals surface area contributed by atoms with Gasteiger partial charge in [0.15, 0.2) is 0 Å². The molecule has 6 nitrogen and oxygen atoms in total. The fourth-order valence-corrected chi connectivity index (χ4v) is 1.17. The first-order chi connectivity index (χ1) is 6.33. The summed E-state index contributed by atoms with van der Waals surface area (Å²) in [6.45, 7) is 1.49. The van der Waals surface area contributed by atoms with Crippen LogP contribution in [0.25, 0.3) is 0 Å². The number of hydrogen-bond donors (Lipinski definition) is 3. The minimum atomic E-state index is -3.93. The second-order valence-electron chi connectivity index (χ2n) is 3.02. The van der Waals surface area contributed by atoms with Crippen LogP contribution in [-0.2, 0) is 14.9 Å². The van der Waals surface area contributed by atoms with E-state index in [9.17, 15) is 8.42 Å². The van der Waals surface area contributed by atoms with E-state index in [1.165, 1.54) is 6.92 Å². The summed E-state index contributed by atoms with van der Waals surface area (Å²) >= 11 is 0. The van der Waals surface area contributed by atoms with Crippen LogP contribution in [0.3, 0.4) is 0 Å². The van der Waals surface area contributed by atoms with E-state index in [1.54, 1.807) is 0 Å². The highest BCUT2D eigenvalue weighted by Crippen LogP contribution is 1.95. The van der Waals surface area contributed by atoms with E-state index in [2.05, 4.69) is 0 Å². The van der Waals surface area contributed by atoms with Crippen molar-refractivity contribution in [3.8, 4) is 0 Å².